The molecule has 1 rings (SSSR count). The van der Waals surface area contributed by atoms with Crippen molar-refractivity contribution in [3.63, 3.8) is 0 Å². The Morgan fingerprint density at radius 1 is 1.77 bits per heavy atom. The van der Waals surface area contributed by atoms with Crippen molar-refractivity contribution < 1.29 is 19.1 Å². The summed E-state index contributed by atoms with van der Waals surface area (Å²) in [5, 5.41) is 2.77. The van der Waals surface area contributed by atoms with Crippen molar-refractivity contribution in [2.24, 2.45) is 0 Å². The van der Waals surface area contributed by atoms with Crippen molar-refractivity contribution in [2.75, 3.05) is 13.7 Å². The summed E-state index contributed by atoms with van der Waals surface area (Å²) in [6.45, 7) is 2.27. The molecule has 1 fully saturated rings. The molecule has 72 valence electrons. The van der Waals surface area contributed by atoms with Gasteiger partial charge in [0.05, 0.1) is 19.7 Å². The number of methoxy groups -OCH3 is 1. The van der Waals surface area contributed by atoms with E-state index in [1.54, 1.807) is 6.92 Å². The number of carbonyl (C=O) groups excluding carboxylic acids is 2. The summed E-state index contributed by atoms with van der Waals surface area (Å²) >= 11 is 0. The molecule has 1 aliphatic heterocycles. The molecule has 0 spiro atoms. The lowest BCUT2D eigenvalue weighted by Crippen LogP contribution is -2.39. The fourth-order valence-electron chi connectivity index (χ4n) is 0.900. The van der Waals surface area contributed by atoms with Crippen molar-refractivity contribution in [2.45, 2.75) is 13.0 Å². The predicted octanol–water partition coefficient (Wildman–Crippen LogP) is -0.422. The van der Waals surface area contributed by atoms with Crippen LogP contribution in [0, 0.1) is 0 Å². The first-order valence-corrected chi connectivity index (χ1v) is 3.88. The summed E-state index contributed by atoms with van der Waals surface area (Å²) in [5.41, 5.74) is 0.143. The number of esters is 2. The molecule has 1 heterocycles. The van der Waals surface area contributed by atoms with Gasteiger partial charge < -0.3 is 14.8 Å². The Morgan fingerprint density at radius 3 is 3.00 bits per heavy atom. The third kappa shape index (κ3) is 2.47. The number of carbonyl (C=O) groups is 2. The molecule has 0 aromatic rings. The first-order valence-electron chi connectivity index (χ1n) is 3.88. The molecule has 5 heteroatoms. The largest absolute Gasteiger partial charge is 0.466 e. The van der Waals surface area contributed by atoms with E-state index < -0.39 is 11.9 Å². The maximum Gasteiger partial charge on any atom is 0.354 e. The van der Waals surface area contributed by atoms with Crippen LogP contribution >= 0.6 is 0 Å². The molecule has 0 bridgehead atoms. The third-order valence-corrected chi connectivity index (χ3v) is 1.57. The van der Waals surface area contributed by atoms with Gasteiger partial charge in [-0.15, -0.1) is 0 Å². The van der Waals surface area contributed by atoms with Gasteiger partial charge in [0, 0.05) is 0 Å². The lowest BCUT2D eigenvalue weighted by atomic mass is 10.3. The number of hydrogen-bond donors (Lipinski definition) is 1. The predicted molar refractivity (Wildman–Crippen MR) is 43.7 cm³/mol. The summed E-state index contributed by atoms with van der Waals surface area (Å²) in [6, 6.07) is 0. The Bertz CT molecular complexity index is 259. The van der Waals surface area contributed by atoms with Crippen LogP contribution in [0.2, 0.25) is 0 Å². The third-order valence-electron chi connectivity index (χ3n) is 1.57. The smallest absolute Gasteiger partial charge is 0.354 e. The highest BCUT2D eigenvalue weighted by molar-refractivity contribution is 5.96. The molecular formula is C8H11NO4. The van der Waals surface area contributed by atoms with Gasteiger partial charge in [0.1, 0.15) is 11.8 Å². The first kappa shape index (κ1) is 9.57. The van der Waals surface area contributed by atoms with Gasteiger partial charge in [-0.05, 0) is 6.92 Å². The van der Waals surface area contributed by atoms with E-state index in [1.165, 1.54) is 7.11 Å². The van der Waals surface area contributed by atoms with Gasteiger partial charge in [0.2, 0.25) is 0 Å². The molecule has 1 saturated heterocycles. The molecule has 13 heavy (non-hydrogen) atoms. The van der Waals surface area contributed by atoms with Crippen LogP contribution in [-0.4, -0.2) is 31.7 Å². The van der Waals surface area contributed by atoms with Gasteiger partial charge >= 0.3 is 11.9 Å². The fourth-order valence-corrected chi connectivity index (χ4v) is 0.900. The Hall–Kier alpha value is -1.52. The van der Waals surface area contributed by atoms with E-state index in [0.29, 0.717) is 6.54 Å². The van der Waals surface area contributed by atoms with Crippen LogP contribution in [0.5, 0.6) is 0 Å². The van der Waals surface area contributed by atoms with Gasteiger partial charge in [0.15, 0.2) is 0 Å². The summed E-state index contributed by atoms with van der Waals surface area (Å²) in [6.07, 6.45) is 0.913. The standard InChI is InChI=1S/C8H11NO4/c1-5-4-9-6(8(11)13-5)3-7(10)12-2/h3,5,9H,4H2,1-2H3. The monoisotopic (exact) mass is 185 g/mol. The van der Waals surface area contributed by atoms with Crippen molar-refractivity contribution in [3.8, 4) is 0 Å². The van der Waals surface area contributed by atoms with Crippen LogP contribution in [0.15, 0.2) is 11.8 Å². The normalized spacial score (nSPS) is 24.9. The molecule has 1 unspecified atom stereocenters. The highest BCUT2D eigenvalue weighted by Crippen LogP contribution is 2.05. The summed E-state index contributed by atoms with van der Waals surface area (Å²) in [7, 11) is 1.25. The lowest BCUT2D eigenvalue weighted by Gasteiger charge is -2.22. The molecule has 1 atom stereocenters. The number of nitrogens with one attached hydrogen (secondary N) is 1. The molecule has 1 N–H and O–H groups in total. The summed E-state index contributed by atoms with van der Waals surface area (Å²) in [4.78, 5) is 21.9. The lowest BCUT2D eigenvalue weighted by molar-refractivity contribution is -0.147. The average molecular weight is 185 g/mol. The molecule has 0 aliphatic carbocycles. The van der Waals surface area contributed by atoms with Crippen LogP contribution in [-0.2, 0) is 19.1 Å². The first-order chi connectivity index (χ1) is 6.13. The van der Waals surface area contributed by atoms with Gasteiger partial charge in [-0.1, -0.05) is 0 Å². The van der Waals surface area contributed by atoms with E-state index in [0.717, 1.165) is 6.08 Å². The Labute approximate surface area is 75.7 Å². The van der Waals surface area contributed by atoms with Gasteiger partial charge in [-0.25, -0.2) is 9.59 Å². The highest BCUT2D eigenvalue weighted by Gasteiger charge is 2.21. The molecule has 0 radical (unpaired) electrons. The minimum Gasteiger partial charge on any atom is -0.466 e. The second-order valence-corrected chi connectivity index (χ2v) is 2.68. The van der Waals surface area contributed by atoms with E-state index in [1.807, 2.05) is 0 Å². The zero-order chi connectivity index (χ0) is 9.84. The second kappa shape index (κ2) is 3.93. The molecule has 5 nitrogen and oxygen atoms in total. The SMILES string of the molecule is COC(=O)C=C1NCC(C)OC1=O. The Morgan fingerprint density at radius 2 is 2.46 bits per heavy atom. The van der Waals surface area contributed by atoms with Gasteiger partial charge in [-0.3, -0.25) is 0 Å². The van der Waals surface area contributed by atoms with Gasteiger partial charge in [0.25, 0.3) is 0 Å². The molecule has 0 aromatic heterocycles. The van der Waals surface area contributed by atoms with E-state index in [2.05, 4.69) is 10.1 Å². The topological polar surface area (TPSA) is 64.6 Å². The summed E-state index contributed by atoms with van der Waals surface area (Å²) < 4.78 is 9.23. The van der Waals surface area contributed by atoms with Crippen LogP contribution in [0.3, 0.4) is 0 Å². The minimum absolute atomic E-state index is 0.143. The summed E-state index contributed by atoms with van der Waals surface area (Å²) in [5.74, 6) is -1.10. The highest BCUT2D eigenvalue weighted by atomic mass is 16.5. The van der Waals surface area contributed by atoms with Crippen molar-refractivity contribution in [1.29, 1.82) is 0 Å². The Kier molecular flexibility index (Phi) is 2.89. The zero-order valence-electron chi connectivity index (χ0n) is 7.49. The van der Waals surface area contributed by atoms with Crippen LogP contribution in [0.25, 0.3) is 0 Å². The number of cyclic esters (lactones) is 1. The molecule has 1 aliphatic rings. The zero-order valence-corrected chi connectivity index (χ0v) is 7.49. The minimum atomic E-state index is -0.575. The number of ether oxygens (including phenoxy) is 2. The molecule has 0 aromatic carbocycles. The van der Waals surface area contributed by atoms with E-state index in [4.69, 9.17) is 4.74 Å². The van der Waals surface area contributed by atoms with E-state index in [-0.39, 0.29) is 11.8 Å². The average Bonchev–Trinajstić information content (AvgIpc) is 2.09. The molecule has 0 saturated carbocycles. The van der Waals surface area contributed by atoms with E-state index in [9.17, 15) is 9.59 Å². The number of morpholine rings is 1. The quantitative estimate of drug-likeness (QED) is 0.444. The van der Waals surface area contributed by atoms with Crippen molar-refractivity contribution in [3.05, 3.63) is 11.8 Å². The van der Waals surface area contributed by atoms with Crippen molar-refractivity contribution >= 4 is 11.9 Å². The van der Waals surface area contributed by atoms with Crippen molar-refractivity contribution in [1.82, 2.24) is 5.32 Å². The Balaban J connectivity index is 2.66. The number of rotatable bonds is 1. The maximum atomic E-state index is 11.1. The van der Waals surface area contributed by atoms with Gasteiger partial charge in [-0.2, -0.15) is 0 Å². The van der Waals surface area contributed by atoms with Crippen LogP contribution in [0.4, 0.5) is 0 Å². The fraction of sp³-hybridized carbons (Fsp3) is 0.500. The van der Waals surface area contributed by atoms with E-state index >= 15 is 0 Å². The van der Waals surface area contributed by atoms with Crippen LogP contribution < -0.4 is 5.32 Å². The maximum absolute atomic E-state index is 11.1. The molecular weight excluding hydrogens is 174 g/mol. The second-order valence-electron chi connectivity index (χ2n) is 2.68. The molecule has 0 amide bonds. The van der Waals surface area contributed by atoms with Crippen LogP contribution in [0.1, 0.15) is 6.92 Å². The number of hydrogen-bond acceptors (Lipinski definition) is 5.